The second kappa shape index (κ2) is 8.83. The van der Waals surface area contributed by atoms with Crippen LogP contribution < -0.4 is 11.3 Å². The van der Waals surface area contributed by atoms with E-state index in [2.05, 4.69) is 20.7 Å². The maximum absolute atomic E-state index is 10.7. The van der Waals surface area contributed by atoms with E-state index in [-0.39, 0.29) is 30.5 Å². The summed E-state index contributed by atoms with van der Waals surface area (Å²) < 4.78 is 3.13. The van der Waals surface area contributed by atoms with E-state index in [1.54, 1.807) is 25.3 Å². The molecule has 3 rings (SSSR count). The number of non-ortho nitro benzene ring substituents is 1. The van der Waals surface area contributed by atoms with Crippen molar-refractivity contribution in [2.45, 2.75) is 6.92 Å². The first-order valence-corrected chi connectivity index (χ1v) is 6.94. The first kappa shape index (κ1) is 20.9. The lowest BCUT2D eigenvalue weighted by Gasteiger charge is -2.06. The van der Waals surface area contributed by atoms with Crippen molar-refractivity contribution in [3.8, 4) is 5.69 Å². The topological polar surface area (TPSA) is 129 Å². The van der Waals surface area contributed by atoms with Gasteiger partial charge in [0.2, 0.25) is 0 Å². The number of nitrogens with two attached hydrogens (primary N) is 1. The van der Waals surface area contributed by atoms with Crippen molar-refractivity contribution in [3.63, 3.8) is 0 Å². The fraction of sp³-hybridized carbons (Fsp3) is 0.0714. The molecule has 2 aromatic heterocycles. The molecular weight excluding hydrogens is 383 g/mol. The minimum absolute atomic E-state index is 0. The van der Waals surface area contributed by atoms with Gasteiger partial charge in [-0.15, -0.1) is 35.0 Å². The summed E-state index contributed by atoms with van der Waals surface area (Å²) in [6.07, 6.45) is 3.42. The summed E-state index contributed by atoms with van der Waals surface area (Å²) in [5.41, 5.74) is 4.30. The molecular formula is C14H16Cl2N8O2. The van der Waals surface area contributed by atoms with Crippen molar-refractivity contribution in [1.29, 1.82) is 0 Å². The summed E-state index contributed by atoms with van der Waals surface area (Å²) in [7, 11) is 0. The van der Waals surface area contributed by atoms with E-state index in [0.29, 0.717) is 11.8 Å². The second-order valence-electron chi connectivity index (χ2n) is 4.89. The number of nitrogens with one attached hydrogen (secondary N) is 1. The number of nitrogen functional groups attached to an aromatic ring is 1. The van der Waals surface area contributed by atoms with Crippen molar-refractivity contribution in [2.75, 3.05) is 11.3 Å². The summed E-state index contributed by atoms with van der Waals surface area (Å²) in [6.45, 7) is 1.72. The summed E-state index contributed by atoms with van der Waals surface area (Å²) in [5.74, 6) is 6.59. The van der Waals surface area contributed by atoms with Crippen LogP contribution in [-0.4, -0.2) is 30.6 Å². The Morgan fingerprint density at radius 1 is 1.23 bits per heavy atom. The molecule has 0 aliphatic carbocycles. The average Bonchev–Trinajstić information content (AvgIpc) is 3.17. The molecule has 3 N–H and O–H groups in total. The van der Waals surface area contributed by atoms with Crippen molar-refractivity contribution < 1.29 is 4.92 Å². The minimum Gasteiger partial charge on any atom is -0.335 e. The van der Waals surface area contributed by atoms with Gasteiger partial charge in [-0.25, -0.2) is 10.1 Å². The Labute approximate surface area is 160 Å². The third kappa shape index (κ3) is 4.29. The van der Waals surface area contributed by atoms with Crippen molar-refractivity contribution in [3.05, 3.63) is 64.2 Å². The van der Waals surface area contributed by atoms with Gasteiger partial charge in [0.25, 0.3) is 11.6 Å². The van der Waals surface area contributed by atoms with E-state index >= 15 is 0 Å². The number of benzene rings is 1. The highest BCUT2D eigenvalue weighted by Crippen LogP contribution is 2.17. The lowest BCUT2D eigenvalue weighted by molar-refractivity contribution is -0.384. The SMILES string of the molecule is Cc1nnc(N/N=C/c2cccn2-c2ccc([N+](=O)[O-])cc2)n1N.Cl.Cl. The molecule has 10 nitrogen and oxygen atoms in total. The number of hydrogen-bond donors (Lipinski definition) is 2. The highest BCUT2D eigenvalue weighted by atomic mass is 35.5. The summed E-state index contributed by atoms with van der Waals surface area (Å²) in [4.78, 5) is 10.3. The van der Waals surface area contributed by atoms with E-state index in [1.165, 1.54) is 16.8 Å². The first-order chi connectivity index (χ1) is 11.6. The maximum atomic E-state index is 10.7. The number of nitro groups is 1. The molecule has 0 fully saturated rings. The van der Waals surface area contributed by atoms with E-state index < -0.39 is 4.92 Å². The Bertz CT molecular complexity index is 904. The van der Waals surface area contributed by atoms with Crippen molar-refractivity contribution in [2.24, 2.45) is 5.10 Å². The van der Waals surface area contributed by atoms with Crippen LogP contribution in [0.25, 0.3) is 5.69 Å². The van der Waals surface area contributed by atoms with E-state index in [9.17, 15) is 10.1 Å². The van der Waals surface area contributed by atoms with Crippen LogP contribution in [-0.2, 0) is 0 Å². The zero-order chi connectivity index (χ0) is 17.1. The van der Waals surface area contributed by atoms with Gasteiger partial charge < -0.3 is 10.4 Å². The molecule has 0 saturated heterocycles. The number of aromatic nitrogens is 4. The predicted octanol–water partition coefficient (Wildman–Crippen LogP) is 2.29. The second-order valence-corrected chi connectivity index (χ2v) is 4.89. The number of nitro benzene ring substituents is 1. The van der Waals surface area contributed by atoms with Crippen molar-refractivity contribution >= 4 is 42.7 Å². The molecule has 0 aliphatic heterocycles. The Kier molecular flexibility index (Phi) is 7.11. The highest BCUT2D eigenvalue weighted by molar-refractivity contribution is 5.85. The van der Waals surface area contributed by atoms with E-state index in [0.717, 1.165) is 11.4 Å². The minimum atomic E-state index is -0.434. The van der Waals surface area contributed by atoms with Crippen LogP contribution in [0.3, 0.4) is 0 Å². The molecule has 1 aromatic carbocycles. The molecule has 0 atom stereocenters. The van der Waals surface area contributed by atoms with Gasteiger partial charge in [0, 0.05) is 24.0 Å². The van der Waals surface area contributed by atoms with Gasteiger partial charge in [-0.05, 0) is 31.2 Å². The molecule has 0 aliphatic rings. The van der Waals surface area contributed by atoms with Gasteiger partial charge in [0.15, 0.2) is 5.82 Å². The molecule has 0 radical (unpaired) electrons. The fourth-order valence-corrected chi connectivity index (χ4v) is 2.07. The molecule has 0 amide bonds. The number of nitrogens with zero attached hydrogens (tertiary/aromatic N) is 6. The lowest BCUT2D eigenvalue weighted by Crippen LogP contribution is -2.13. The van der Waals surface area contributed by atoms with Crippen LogP contribution in [0.1, 0.15) is 11.5 Å². The van der Waals surface area contributed by atoms with Crippen LogP contribution in [0.4, 0.5) is 11.6 Å². The quantitative estimate of drug-likeness (QED) is 0.293. The summed E-state index contributed by atoms with van der Waals surface area (Å²) in [5, 5.41) is 22.4. The highest BCUT2D eigenvalue weighted by Gasteiger charge is 2.07. The molecule has 26 heavy (non-hydrogen) atoms. The number of rotatable bonds is 5. The molecule has 0 spiro atoms. The van der Waals surface area contributed by atoms with Gasteiger partial charge in [0.05, 0.1) is 16.8 Å². The predicted molar refractivity (Wildman–Crippen MR) is 103 cm³/mol. The van der Waals surface area contributed by atoms with Crippen molar-refractivity contribution in [1.82, 2.24) is 19.4 Å². The van der Waals surface area contributed by atoms with Crippen LogP contribution in [0.2, 0.25) is 0 Å². The number of hydrogen-bond acceptors (Lipinski definition) is 7. The molecule has 12 heteroatoms. The first-order valence-electron chi connectivity index (χ1n) is 6.94. The third-order valence-electron chi connectivity index (χ3n) is 3.35. The number of halogens is 2. The van der Waals surface area contributed by atoms with Crippen LogP contribution >= 0.6 is 24.8 Å². The number of aryl methyl sites for hydroxylation is 1. The van der Waals surface area contributed by atoms with Gasteiger partial charge in [-0.2, -0.15) is 5.10 Å². The molecule has 0 bridgehead atoms. The zero-order valence-corrected chi connectivity index (χ0v) is 15.1. The Hall–Kier alpha value is -3.11. The molecule has 2 heterocycles. The standard InChI is InChI=1S/C14H14N8O2.2ClH/c1-10-17-19-14(21(10)15)18-16-9-13-3-2-8-20(13)11-4-6-12(7-5-11)22(23)24;;/h2-9H,15H2,1H3,(H,18,19);2*1H/b16-9+;;. The largest absolute Gasteiger partial charge is 0.335 e. The van der Waals surface area contributed by atoms with Crippen LogP contribution in [0.5, 0.6) is 0 Å². The van der Waals surface area contributed by atoms with Gasteiger partial charge in [-0.3, -0.25) is 10.1 Å². The van der Waals surface area contributed by atoms with Gasteiger partial charge in [-0.1, -0.05) is 0 Å². The normalized spacial score (nSPS) is 10.2. The van der Waals surface area contributed by atoms with Gasteiger partial charge in [0.1, 0.15) is 0 Å². The van der Waals surface area contributed by atoms with Crippen LogP contribution in [0, 0.1) is 17.0 Å². The molecule has 138 valence electrons. The third-order valence-corrected chi connectivity index (χ3v) is 3.35. The number of hydrazone groups is 1. The summed E-state index contributed by atoms with van der Waals surface area (Å²) in [6, 6.07) is 9.94. The van der Waals surface area contributed by atoms with Gasteiger partial charge >= 0.3 is 0 Å². The average molecular weight is 399 g/mol. The fourth-order valence-electron chi connectivity index (χ4n) is 2.07. The Balaban J connectivity index is 0.00000169. The van der Waals surface area contributed by atoms with Crippen LogP contribution in [0.15, 0.2) is 47.7 Å². The van der Waals surface area contributed by atoms with E-state index in [1.807, 2.05) is 22.9 Å². The molecule has 0 saturated carbocycles. The summed E-state index contributed by atoms with van der Waals surface area (Å²) >= 11 is 0. The Morgan fingerprint density at radius 3 is 2.50 bits per heavy atom. The number of anilines is 1. The Morgan fingerprint density at radius 2 is 1.92 bits per heavy atom. The molecule has 3 aromatic rings. The van der Waals surface area contributed by atoms with E-state index in [4.69, 9.17) is 5.84 Å². The lowest BCUT2D eigenvalue weighted by atomic mass is 10.3. The monoisotopic (exact) mass is 398 g/mol. The molecule has 0 unspecified atom stereocenters. The zero-order valence-electron chi connectivity index (χ0n) is 13.5. The maximum Gasteiger partial charge on any atom is 0.269 e. The smallest absolute Gasteiger partial charge is 0.269 e.